The van der Waals surface area contributed by atoms with Gasteiger partial charge in [-0.15, -0.1) is 0 Å². The second kappa shape index (κ2) is 3.66. The fourth-order valence-corrected chi connectivity index (χ4v) is 1.58. The van der Waals surface area contributed by atoms with Crippen molar-refractivity contribution in [3.05, 3.63) is 23.7 Å². The molecule has 5 heteroatoms. The minimum Gasteiger partial charge on any atom is -0.480 e. The van der Waals surface area contributed by atoms with Crippen LogP contribution in [0.15, 0.2) is 16.5 Å². The summed E-state index contributed by atoms with van der Waals surface area (Å²) >= 11 is 0. The fourth-order valence-electron chi connectivity index (χ4n) is 1.58. The highest BCUT2D eigenvalue weighted by Gasteiger charge is 2.56. The van der Waals surface area contributed by atoms with Crippen molar-refractivity contribution in [3.8, 4) is 0 Å². The second-order valence-electron chi connectivity index (χ2n) is 4.08. The van der Waals surface area contributed by atoms with Crippen LogP contribution in [0.3, 0.4) is 0 Å². The molecular formula is C11H13NO4. The Bertz CT molecular complexity index is 431. The average Bonchev–Trinajstić information content (AvgIpc) is 2.95. The number of carbonyl (C=O) groups excluding carboxylic acids is 1. The van der Waals surface area contributed by atoms with Crippen LogP contribution < -0.4 is 5.32 Å². The summed E-state index contributed by atoms with van der Waals surface area (Å²) < 4.78 is 5.27. The third-order valence-corrected chi connectivity index (χ3v) is 2.81. The molecule has 5 nitrogen and oxygen atoms in total. The summed E-state index contributed by atoms with van der Waals surface area (Å²) in [6.07, 6.45) is 0.844. The number of carboxylic acid groups (broad SMARTS) is 1. The van der Waals surface area contributed by atoms with Gasteiger partial charge in [-0.3, -0.25) is 9.59 Å². The van der Waals surface area contributed by atoms with Gasteiger partial charge in [-0.05, 0) is 31.9 Å². The van der Waals surface area contributed by atoms with Gasteiger partial charge in [-0.1, -0.05) is 0 Å². The average molecular weight is 223 g/mol. The van der Waals surface area contributed by atoms with Gasteiger partial charge in [-0.2, -0.15) is 0 Å². The predicted octanol–water partition coefficient (Wildman–Crippen LogP) is 1.07. The van der Waals surface area contributed by atoms with Crippen molar-refractivity contribution in [2.75, 3.05) is 0 Å². The molecule has 2 rings (SSSR count). The molecular weight excluding hydrogens is 210 g/mol. The molecule has 16 heavy (non-hydrogen) atoms. The zero-order valence-electron chi connectivity index (χ0n) is 8.95. The molecule has 1 heterocycles. The van der Waals surface area contributed by atoms with Gasteiger partial charge in [0.1, 0.15) is 16.9 Å². The Kier molecular flexibility index (Phi) is 2.46. The first-order chi connectivity index (χ1) is 7.54. The third-order valence-electron chi connectivity index (χ3n) is 2.81. The molecule has 86 valence electrons. The molecule has 0 spiro atoms. The molecule has 0 unspecified atom stereocenters. The zero-order chi connectivity index (χ0) is 11.8. The molecule has 0 bridgehead atoms. The number of carboxylic acids is 1. The number of aryl methyl sites for hydroxylation is 1. The molecule has 1 aromatic heterocycles. The molecule has 2 N–H and O–H groups in total. The van der Waals surface area contributed by atoms with Crippen molar-refractivity contribution >= 4 is 11.9 Å². The maximum absolute atomic E-state index is 11.6. The third kappa shape index (κ3) is 1.80. The normalized spacial score (nSPS) is 16.8. The van der Waals surface area contributed by atoms with Gasteiger partial charge in [0.05, 0.1) is 6.54 Å². The highest BCUT2D eigenvalue weighted by atomic mass is 16.4. The van der Waals surface area contributed by atoms with Crippen molar-refractivity contribution in [2.45, 2.75) is 26.3 Å². The number of hydrogen-bond acceptors (Lipinski definition) is 3. The number of nitrogens with one attached hydrogen (secondary N) is 1. The molecule has 1 aliphatic rings. The van der Waals surface area contributed by atoms with Crippen LogP contribution in [0.25, 0.3) is 0 Å². The number of amides is 1. The number of carbonyl (C=O) groups is 2. The lowest BCUT2D eigenvalue weighted by atomic mass is 10.1. The molecule has 1 fully saturated rings. The Hall–Kier alpha value is -1.78. The van der Waals surface area contributed by atoms with Crippen LogP contribution >= 0.6 is 0 Å². The Labute approximate surface area is 92.4 Å². The van der Waals surface area contributed by atoms with Crippen molar-refractivity contribution in [1.82, 2.24) is 5.32 Å². The van der Waals surface area contributed by atoms with E-state index in [-0.39, 0.29) is 6.54 Å². The zero-order valence-corrected chi connectivity index (χ0v) is 8.95. The lowest BCUT2D eigenvalue weighted by Gasteiger charge is -2.09. The van der Waals surface area contributed by atoms with Crippen molar-refractivity contribution in [3.63, 3.8) is 0 Å². The van der Waals surface area contributed by atoms with Crippen molar-refractivity contribution < 1.29 is 19.1 Å². The van der Waals surface area contributed by atoms with E-state index in [2.05, 4.69) is 5.32 Å². The smallest absolute Gasteiger partial charge is 0.319 e. The lowest BCUT2D eigenvalue weighted by molar-refractivity contribution is -0.149. The van der Waals surface area contributed by atoms with Gasteiger partial charge in [0, 0.05) is 0 Å². The number of hydrogen-bond donors (Lipinski definition) is 2. The first kappa shape index (κ1) is 10.7. The summed E-state index contributed by atoms with van der Waals surface area (Å²) in [5, 5.41) is 11.5. The van der Waals surface area contributed by atoms with E-state index in [9.17, 15) is 9.59 Å². The predicted molar refractivity (Wildman–Crippen MR) is 54.6 cm³/mol. The van der Waals surface area contributed by atoms with Gasteiger partial charge >= 0.3 is 5.97 Å². The molecule has 0 saturated heterocycles. The SMILES string of the molecule is Cc1ccc(CNC(=O)C2(C(=O)O)CC2)o1. The van der Waals surface area contributed by atoms with Gasteiger partial charge in [0.15, 0.2) is 0 Å². The molecule has 1 aliphatic carbocycles. The molecule has 0 aliphatic heterocycles. The maximum atomic E-state index is 11.6. The van der Waals surface area contributed by atoms with Crippen LogP contribution in [0.1, 0.15) is 24.4 Å². The van der Waals surface area contributed by atoms with E-state index in [0.717, 1.165) is 5.76 Å². The Morgan fingerprint density at radius 2 is 2.19 bits per heavy atom. The van der Waals surface area contributed by atoms with E-state index in [1.54, 1.807) is 12.1 Å². The first-order valence-corrected chi connectivity index (χ1v) is 5.12. The number of aliphatic carboxylic acids is 1. The minimum atomic E-state index is -1.18. The van der Waals surface area contributed by atoms with Gasteiger partial charge < -0.3 is 14.8 Å². The topological polar surface area (TPSA) is 79.5 Å². The Morgan fingerprint density at radius 1 is 1.50 bits per heavy atom. The molecule has 0 atom stereocenters. The molecule has 1 amide bonds. The van der Waals surface area contributed by atoms with Crippen LogP contribution in [0, 0.1) is 12.3 Å². The fraction of sp³-hybridized carbons (Fsp3) is 0.455. The number of rotatable bonds is 4. The Balaban J connectivity index is 1.92. The van der Waals surface area contributed by atoms with E-state index in [1.165, 1.54) is 0 Å². The van der Waals surface area contributed by atoms with Crippen LogP contribution in [0.5, 0.6) is 0 Å². The van der Waals surface area contributed by atoms with Gasteiger partial charge in [0.25, 0.3) is 0 Å². The summed E-state index contributed by atoms with van der Waals surface area (Å²) in [5.74, 6) is -0.0645. The second-order valence-corrected chi connectivity index (χ2v) is 4.08. The van der Waals surface area contributed by atoms with Crippen LogP contribution in [0.4, 0.5) is 0 Å². The highest BCUT2D eigenvalue weighted by Crippen LogP contribution is 2.46. The van der Waals surface area contributed by atoms with E-state index >= 15 is 0 Å². The van der Waals surface area contributed by atoms with E-state index in [4.69, 9.17) is 9.52 Å². The molecule has 1 saturated carbocycles. The first-order valence-electron chi connectivity index (χ1n) is 5.12. The van der Waals surface area contributed by atoms with E-state index in [0.29, 0.717) is 18.6 Å². The van der Waals surface area contributed by atoms with E-state index in [1.807, 2.05) is 6.92 Å². The minimum absolute atomic E-state index is 0.238. The van der Waals surface area contributed by atoms with E-state index < -0.39 is 17.3 Å². The molecule has 1 aromatic rings. The van der Waals surface area contributed by atoms with Crippen LogP contribution in [0.2, 0.25) is 0 Å². The monoisotopic (exact) mass is 223 g/mol. The summed E-state index contributed by atoms with van der Waals surface area (Å²) in [6, 6.07) is 3.56. The molecule has 0 aromatic carbocycles. The van der Waals surface area contributed by atoms with Gasteiger partial charge in [0.2, 0.25) is 5.91 Å². The summed E-state index contributed by atoms with van der Waals surface area (Å²) in [4.78, 5) is 22.5. The summed E-state index contributed by atoms with van der Waals surface area (Å²) in [5.41, 5.74) is -1.18. The summed E-state index contributed by atoms with van der Waals surface area (Å²) in [6.45, 7) is 2.05. The maximum Gasteiger partial charge on any atom is 0.319 e. The highest BCUT2D eigenvalue weighted by molar-refractivity contribution is 6.04. The van der Waals surface area contributed by atoms with Crippen LogP contribution in [-0.2, 0) is 16.1 Å². The largest absolute Gasteiger partial charge is 0.480 e. The summed E-state index contributed by atoms with van der Waals surface area (Å²) in [7, 11) is 0. The lowest BCUT2D eigenvalue weighted by Crippen LogP contribution is -2.36. The van der Waals surface area contributed by atoms with Gasteiger partial charge in [-0.25, -0.2) is 0 Å². The Morgan fingerprint density at radius 3 is 2.62 bits per heavy atom. The quantitative estimate of drug-likeness (QED) is 0.748. The standard InChI is InChI=1S/C11H13NO4/c1-7-2-3-8(16-7)6-12-9(13)11(4-5-11)10(14)15/h2-3H,4-6H2,1H3,(H,12,13)(H,14,15). The van der Waals surface area contributed by atoms with Crippen LogP contribution in [-0.4, -0.2) is 17.0 Å². The molecule has 0 radical (unpaired) electrons. The van der Waals surface area contributed by atoms with Crippen molar-refractivity contribution in [2.24, 2.45) is 5.41 Å². The van der Waals surface area contributed by atoms with Crippen molar-refractivity contribution in [1.29, 1.82) is 0 Å². The number of furan rings is 1.